The number of aromatic nitrogens is 2. The van der Waals surface area contributed by atoms with E-state index in [9.17, 15) is 33.9 Å². The number of nitrogens with one attached hydrogen (secondary N) is 5. The summed E-state index contributed by atoms with van der Waals surface area (Å²) in [5.41, 5.74) is 6.90. The van der Waals surface area contributed by atoms with E-state index in [2.05, 4.69) is 43.9 Å². The number of benzene rings is 1. The lowest BCUT2D eigenvalue weighted by Crippen LogP contribution is -2.59. The smallest absolute Gasteiger partial charge is 0.326 e. The van der Waals surface area contributed by atoms with Crippen molar-refractivity contribution in [2.24, 2.45) is 11.7 Å². The van der Waals surface area contributed by atoms with Gasteiger partial charge in [-0.3, -0.25) is 24.0 Å². The van der Waals surface area contributed by atoms with Crippen LogP contribution in [0.25, 0.3) is 0 Å². The molecule has 256 valence electrons. The molecule has 1 fully saturated rings. The lowest BCUT2D eigenvalue weighted by Gasteiger charge is -2.28. The van der Waals surface area contributed by atoms with Gasteiger partial charge in [0.2, 0.25) is 29.5 Å². The first kappa shape index (κ1) is 37.0. The molecule has 2 aromatic rings. The number of carboxylic acids is 1. The van der Waals surface area contributed by atoms with Crippen molar-refractivity contribution >= 4 is 48.1 Å². The summed E-state index contributed by atoms with van der Waals surface area (Å²) in [5.74, 6) is -4.10. The molecule has 5 amide bonds. The van der Waals surface area contributed by atoms with Crippen molar-refractivity contribution < 1.29 is 33.9 Å². The van der Waals surface area contributed by atoms with Crippen LogP contribution in [0.2, 0.25) is 0 Å². The highest BCUT2D eigenvalue weighted by atomic mass is 32.1. The molecule has 1 aliphatic rings. The molecular weight excluding hydrogens is 628 g/mol. The quantitative estimate of drug-likeness (QED) is 0.0977. The number of aliphatic carboxylic acids is 1. The lowest BCUT2D eigenvalue weighted by molar-refractivity contribution is -0.143. The van der Waals surface area contributed by atoms with Crippen molar-refractivity contribution in [1.82, 2.24) is 36.1 Å². The van der Waals surface area contributed by atoms with Gasteiger partial charge >= 0.3 is 5.97 Å². The maximum Gasteiger partial charge on any atom is 0.326 e. The Labute approximate surface area is 278 Å². The Hall–Kier alpha value is -4.44. The fourth-order valence-corrected chi connectivity index (χ4v) is 5.37. The van der Waals surface area contributed by atoms with Crippen molar-refractivity contribution in [3.05, 3.63) is 54.1 Å². The summed E-state index contributed by atoms with van der Waals surface area (Å²) in [6.45, 7) is 3.60. The van der Waals surface area contributed by atoms with Crippen molar-refractivity contribution in [2.45, 2.75) is 76.2 Å². The third kappa shape index (κ3) is 11.4. The Morgan fingerprint density at radius 1 is 1.00 bits per heavy atom. The second-order valence-electron chi connectivity index (χ2n) is 11.9. The van der Waals surface area contributed by atoms with Gasteiger partial charge in [0.25, 0.3) is 0 Å². The molecular formula is C31H44N8O7S. The van der Waals surface area contributed by atoms with Gasteiger partial charge in [0.1, 0.15) is 24.2 Å². The molecule has 1 aromatic carbocycles. The van der Waals surface area contributed by atoms with Crippen LogP contribution >= 0.6 is 12.6 Å². The first-order valence-corrected chi connectivity index (χ1v) is 16.1. The molecule has 3 rings (SSSR count). The van der Waals surface area contributed by atoms with Crippen molar-refractivity contribution in [2.75, 3.05) is 18.8 Å². The normalized spacial score (nSPS) is 16.9. The standard InChI is InChI=1S/C31H44N8O7S/c1-18(2)11-24(31(45)46)38-29(43)23(13-20-14-33-17-35-20)36-28(42)22(12-19-7-4-3-5-8-19)37-30(44)25-9-6-10-39(25)26(40)15-34-27(41)21(32)16-47/h3-5,7-8,14,17-18,21-25,47H,6,9-13,15-16,32H2,1-2H3,(H,33,35)(H,34,41)(H,36,42)(H,37,44)(H,38,43)(H,45,46)/t21-,22-,23-,24-,25-/m0/s1. The number of carboxylic acid groups (broad SMARTS) is 1. The molecule has 2 heterocycles. The van der Waals surface area contributed by atoms with Crippen LogP contribution in [0.1, 0.15) is 44.4 Å². The first-order chi connectivity index (χ1) is 22.4. The van der Waals surface area contributed by atoms with Gasteiger partial charge < -0.3 is 42.0 Å². The molecule has 15 nitrogen and oxygen atoms in total. The fourth-order valence-electron chi connectivity index (χ4n) is 5.21. The minimum absolute atomic E-state index is 0.0218. The molecule has 0 saturated carbocycles. The van der Waals surface area contributed by atoms with Gasteiger partial charge in [0.15, 0.2) is 0 Å². The van der Waals surface area contributed by atoms with E-state index in [1.165, 1.54) is 17.4 Å². The van der Waals surface area contributed by atoms with Crippen LogP contribution in [-0.2, 0) is 41.6 Å². The van der Waals surface area contributed by atoms with E-state index in [-0.39, 0.29) is 44.0 Å². The largest absolute Gasteiger partial charge is 0.480 e. The second-order valence-corrected chi connectivity index (χ2v) is 12.2. The van der Waals surface area contributed by atoms with Crippen LogP contribution < -0.4 is 27.0 Å². The van der Waals surface area contributed by atoms with E-state index in [4.69, 9.17) is 5.73 Å². The average molecular weight is 673 g/mol. The number of hydrogen-bond donors (Lipinski definition) is 8. The number of nitrogens with two attached hydrogens (primary N) is 1. The Morgan fingerprint density at radius 2 is 1.66 bits per heavy atom. The predicted molar refractivity (Wildman–Crippen MR) is 175 cm³/mol. The molecule has 1 saturated heterocycles. The molecule has 0 aliphatic carbocycles. The Morgan fingerprint density at radius 3 is 2.26 bits per heavy atom. The molecule has 8 N–H and O–H groups in total. The van der Waals surface area contributed by atoms with Gasteiger partial charge in [-0.1, -0.05) is 44.2 Å². The summed E-state index contributed by atoms with van der Waals surface area (Å²) in [4.78, 5) is 85.9. The van der Waals surface area contributed by atoms with Gasteiger partial charge in [0, 0.05) is 37.0 Å². The van der Waals surface area contributed by atoms with E-state index in [0.29, 0.717) is 18.5 Å². The molecule has 1 aromatic heterocycles. The van der Waals surface area contributed by atoms with Crippen molar-refractivity contribution in [1.29, 1.82) is 0 Å². The maximum atomic E-state index is 13.8. The van der Waals surface area contributed by atoms with Gasteiger partial charge in [0.05, 0.1) is 18.9 Å². The Kier molecular flexibility index (Phi) is 14.2. The predicted octanol–water partition coefficient (Wildman–Crippen LogP) is -0.856. The van der Waals surface area contributed by atoms with Crippen molar-refractivity contribution in [3.8, 4) is 0 Å². The van der Waals surface area contributed by atoms with E-state index in [1.807, 2.05) is 19.9 Å². The number of nitrogens with zero attached hydrogens (tertiary/aromatic N) is 2. The molecule has 0 bridgehead atoms. The number of aromatic amines is 1. The molecule has 0 spiro atoms. The number of carbonyl (C=O) groups is 6. The number of rotatable bonds is 17. The summed E-state index contributed by atoms with van der Waals surface area (Å²) >= 11 is 3.98. The van der Waals surface area contributed by atoms with Crippen LogP contribution in [0.5, 0.6) is 0 Å². The summed E-state index contributed by atoms with van der Waals surface area (Å²) in [6, 6.07) is 3.64. The topological polar surface area (TPSA) is 229 Å². The number of carbonyl (C=O) groups excluding carboxylic acids is 5. The fraction of sp³-hybridized carbons (Fsp3) is 0.516. The zero-order chi connectivity index (χ0) is 34.5. The molecule has 1 aliphatic heterocycles. The second kappa shape index (κ2) is 18.0. The SMILES string of the molecule is CC(C)C[C@H](NC(=O)[C@H](Cc1cnc[nH]1)NC(=O)[C@H](Cc1ccccc1)NC(=O)[C@@H]1CCCN1C(=O)CNC(=O)[C@@H](N)CS)C(=O)O. The molecule has 16 heteroatoms. The van der Waals surface area contributed by atoms with Gasteiger partial charge in [-0.05, 0) is 30.7 Å². The summed E-state index contributed by atoms with van der Waals surface area (Å²) in [7, 11) is 0. The van der Waals surface area contributed by atoms with Crippen molar-refractivity contribution in [3.63, 3.8) is 0 Å². The zero-order valence-electron chi connectivity index (χ0n) is 26.5. The van der Waals surface area contributed by atoms with E-state index in [1.54, 1.807) is 24.3 Å². The van der Waals surface area contributed by atoms with E-state index >= 15 is 0 Å². The highest BCUT2D eigenvalue weighted by Gasteiger charge is 2.37. The number of thiol groups is 1. The number of imidazole rings is 1. The minimum atomic E-state index is -1.20. The number of likely N-dealkylation sites (tertiary alicyclic amines) is 1. The first-order valence-electron chi connectivity index (χ1n) is 15.5. The van der Waals surface area contributed by atoms with Gasteiger partial charge in [-0.15, -0.1) is 0 Å². The maximum absolute atomic E-state index is 13.8. The summed E-state index contributed by atoms with van der Waals surface area (Å²) in [6.07, 6.45) is 4.01. The van der Waals surface area contributed by atoms with E-state index < -0.39 is 65.7 Å². The molecule has 0 radical (unpaired) electrons. The van der Waals surface area contributed by atoms with Crippen LogP contribution in [0, 0.1) is 5.92 Å². The average Bonchev–Trinajstić information content (AvgIpc) is 3.75. The van der Waals surface area contributed by atoms with E-state index in [0.717, 1.165) is 5.56 Å². The summed E-state index contributed by atoms with van der Waals surface area (Å²) in [5, 5.41) is 20.1. The zero-order valence-corrected chi connectivity index (χ0v) is 27.4. The Bertz CT molecular complexity index is 1380. The number of hydrogen-bond acceptors (Lipinski definition) is 9. The molecule has 0 unspecified atom stereocenters. The molecule has 5 atom stereocenters. The Balaban J connectivity index is 1.79. The summed E-state index contributed by atoms with van der Waals surface area (Å²) < 4.78 is 0. The van der Waals surface area contributed by atoms with Crippen LogP contribution in [0.4, 0.5) is 0 Å². The lowest BCUT2D eigenvalue weighted by atomic mass is 10.0. The number of amides is 5. The van der Waals surface area contributed by atoms with Crippen LogP contribution in [-0.4, -0.2) is 105 Å². The monoisotopic (exact) mass is 672 g/mol. The third-order valence-corrected chi connectivity index (χ3v) is 8.07. The molecule has 47 heavy (non-hydrogen) atoms. The highest BCUT2D eigenvalue weighted by Crippen LogP contribution is 2.18. The number of H-pyrrole nitrogens is 1. The third-order valence-electron chi connectivity index (χ3n) is 7.67. The van der Waals surface area contributed by atoms with Gasteiger partial charge in [-0.25, -0.2) is 9.78 Å². The van der Waals surface area contributed by atoms with Crippen LogP contribution in [0.15, 0.2) is 42.9 Å². The minimum Gasteiger partial charge on any atom is -0.480 e. The highest BCUT2D eigenvalue weighted by molar-refractivity contribution is 7.80. The van der Waals surface area contributed by atoms with Gasteiger partial charge in [-0.2, -0.15) is 12.6 Å². The van der Waals surface area contributed by atoms with Crippen LogP contribution in [0.3, 0.4) is 0 Å².